The Hall–Kier alpha value is -7.55. The molecule has 1 aromatic heterocycles. The summed E-state index contributed by atoms with van der Waals surface area (Å²) >= 11 is 0. The predicted octanol–water partition coefficient (Wildman–Crippen LogP) is 15.1. The van der Waals surface area contributed by atoms with Gasteiger partial charge in [0.05, 0.1) is 11.2 Å². The molecule has 278 valence electrons. The van der Waals surface area contributed by atoms with E-state index < -0.39 is 0 Å². The molecule has 0 fully saturated rings. The van der Waals surface area contributed by atoms with Crippen LogP contribution in [0.4, 0.5) is 0 Å². The van der Waals surface area contributed by atoms with Gasteiger partial charge in [-0.15, -0.1) is 0 Å². The highest BCUT2D eigenvalue weighted by Gasteiger charge is 2.17. The molecule has 59 heavy (non-hydrogen) atoms. The van der Waals surface area contributed by atoms with Crippen molar-refractivity contribution in [2.45, 2.75) is 12.8 Å². The van der Waals surface area contributed by atoms with Crippen molar-refractivity contribution in [1.29, 1.82) is 0 Å². The molecule has 2 heteroatoms. The Morgan fingerprint density at radius 1 is 0.407 bits per heavy atom. The van der Waals surface area contributed by atoms with Crippen LogP contribution in [0.3, 0.4) is 0 Å². The second-order valence-electron chi connectivity index (χ2n) is 15.5. The molecular weight excluding hydrogens is 713 g/mol. The number of hydrogen-bond acceptors (Lipinski definition) is 1. The molecule has 0 saturated carbocycles. The highest BCUT2D eigenvalue weighted by molar-refractivity contribution is 6.13. The molecule has 2 nitrogen and oxygen atoms in total. The van der Waals surface area contributed by atoms with E-state index >= 15 is 0 Å². The minimum atomic E-state index is 0.850. The van der Waals surface area contributed by atoms with E-state index in [4.69, 9.17) is 4.99 Å². The quantitative estimate of drug-likeness (QED) is 0.151. The molecule has 0 bridgehead atoms. The van der Waals surface area contributed by atoms with Crippen LogP contribution in [0.2, 0.25) is 0 Å². The molecule has 0 atom stereocenters. The smallest absolute Gasteiger partial charge is 0.0711 e. The molecular formula is C57H40N2. The second kappa shape index (κ2) is 14.8. The summed E-state index contributed by atoms with van der Waals surface area (Å²) in [4.78, 5) is 5.41. The molecule has 0 unspecified atom stereocenters. The van der Waals surface area contributed by atoms with Crippen molar-refractivity contribution in [3.8, 4) is 27.9 Å². The number of aromatic nitrogens is 1. The van der Waals surface area contributed by atoms with Crippen molar-refractivity contribution < 1.29 is 0 Å². The Morgan fingerprint density at radius 2 is 1.05 bits per heavy atom. The van der Waals surface area contributed by atoms with Gasteiger partial charge in [-0.2, -0.15) is 0 Å². The van der Waals surface area contributed by atoms with Gasteiger partial charge < -0.3 is 4.57 Å². The van der Waals surface area contributed by atoms with Gasteiger partial charge >= 0.3 is 0 Å². The van der Waals surface area contributed by atoms with Gasteiger partial charge in [0.15, 0.2) is 0 Å². The molecule has 9 aromatic carbocycles. The van der Waals surface area contributed by atoms with Gasteiger partial charge in [0.1, 0.15) is 0 Å². The van der Waals surface area contributed by atoms with Gasteiger partial charge in [-0.05, 0) is 145 Å². The fraction of sp³-hybridized carbons (Fsp3) is 0.0351. The van der Waals surface area contributed by atoms with E-state index in [-0.39, 0.29) is 0 Å². The minimum Gasteiger partial charge on any atom is -0.317 e. The zero-order valence-electron chi connectivity index (χ0n) is 32.6. The summed E-state index contributed by atoms with van der Waals surface area (Å²) in [5, 5.41) is 8.68. The van der Waals surface area contributed by atoms with Crippen molar-refractivity contribution >= 4 is 60.2 Å². The van der Waals surface area contributed by atoms with Crippen molar-refractivity contribution in [1.82, 2.24) is 4.57 Å². The topological polar surface area (TPSA) is 17.3 Å². The standard InChI is InChI=1S/C57H40N2/c1-3-15-40(16-4-1)54-25-13-22-43(38-55(58-54)41-17-5-2-6-18-41)48-34-49(36-50(35-48)57-52-23-11-9-20-45(52)33-46-21-10-12-24-53(46)57)44-27-29-56-47(32-44)30-31-59(56)51-28-26-39-14-7-8-19-42(39)37-51/h1-12,14-24,26-38H,13,25H2/b43-22+,55-38-,58-54+. The Morgan fingerprint density at radius 3 is 1.81 bits per heavy atom. The average Bonchev–Trinajstić information content (AvgIpc) is 3.72. The summed E-state index contributed by atoms with van der Waals surface area (Å²) in [5.41, 5.74) is 13.9. The summed E-state index contributed by atoms with van der Waals surface area (Å²) in [6.07, 6.45) is 8.64. The first kappa shape index (κ1) is 34.7. The monoisotopic (exact) mass is 752 g/mol. The summed E-state index contributed by atoms with van der Waals surface area (Å²) < 4.78 is 2.30. The largest absolute Gasteiger partial charge is 0.317 e. The van der Waals surface area contributed by atoms with Crippen LogP contribution in [0.25, 0.3) is 82.4 Å². The Kier molecular flexibility index (Phi) is 8.67. The van der Waals surface area contributed by atoms with E-state index in [9.17, 15) is 0 Å². The van der Waals surface area contributed by atoms with Crippen LogP contribution in [0.15, 0.2) is 224 Å². The molecule has 0 amide bonds. The molecule has 0 radical (unpaired) electrons. The normalized spacial score (nSPS) is 15.9. The van der Waals surface area contributed by atoms with Crippen molar-refractivity contribution in [3.05, 3.63) is 235 Å². The van der Waals surface area contributed by atoms with E-state index in [0.717, 1.165) is 35.5 Å². The summed E-state index contributed by atoms with van der Waals surface area (Å²) in [6.45, 7) is 0. The Labute approximate surface area is 344 Å². The molecule has 1 aliphatic rings. The summed E-state index contributed by atoms with van der Waals surface area (Å²) in [6, 6.07) is 72.8. The lowest BCUT2D eigenvalue weighted by molar-refractivity contribution is 1.09. The third-order valence-electron chi connectivity index (χ3n) is 11.8. The maximum absolute atomic E-state index is 5.41. The van der Waals surface area contributed by atoms with Crippen LogP contribution in [-0.4, -0.2) is 10.3 Å². The number of fused-ring (bicyclic) bond motifs is 4. The number of rotatable bonds is 6. The predicted molar refractivity (Wildman–Crippen MR) is 251 cm³/mol. The highest BCUT2D eigenvalue weighted by Crippen LogP contribution is 2.41. The number of hydrogen-bond donors (Lipinski definition) is 0. The van der Waals surface area contributed by atoms with E-state index in [1.807, 2.05) is 0 Å². The number of allylic oxidation sites excluding steroid dienone is 3. The minimum absolute atomic E-state index is 0.850. The van der Waals surface area contributed by atoms with Gasteiger partial charge in [0.2, 0.25) is 0 Å². The highest BCUT2D eigenvalue weighted by atomic mass is 15.0. The zero-order chi connectivity index (χ0) is 39.1. The molecule has 11 rings (SSSR count). The van der Waals surface area contributed by atoms with E-state index in [1.54, 1.807) is 0 Å². The molecule has 0 spiro atoms. The third-order valence-corrected chi connectivity index (χ3v) is 11.8. The fourth-order valence-electron chi connectivity index (χ4n) is 8.91. The maximum Gasteiger partial charge on any atom is 0.0711 e. The van der Waals surface area contributed by atoms with Crippen LogP contribution in [0.5, 0.6) is 0 Å². The lowest BCUT2D eigenvalue weighted by atomic mass is 9.87. The second-order valence-corrected chi connectivity index (χ2v) is 15.5. The first-order valence-corrected chi connectivity index (χ1v) is 20.5. The lowest BCUT2D eigenvalue weighted by Gasteiger charge is -2.18. The average molecular weight is 753 g/mol. The van der Waals surface area contributed by atoms with Crippen molar-refractivity contribution in [2.75, 3.05) is 0 Å². The molecule has 1 aliphatic heterocycles. The van der Waals surface area contributed by atoms with E-state index in [2.05, 4.69) is 223 Å². The van der Waals surface area contributed by atoms with Gasteiger partial charge in [-0.1, -0.05) is 152 Å². The third kappa shape index (κ3) is 6.55. The molecule has 10 aromatic rings. The van der Waals surface area contributed by atoms with Gasteiger partial charge in [-0.25, -0.2) is 0 Å². The first-order valence-electron chi connectivity index (χ1n) is 20.5. The SMILES string of the molecule is C1=C(c2ccccc2)\N=C(\c2ccccc2)CC\C=C/1c1cc(-c2ccc3c(ccn3-c3ccc4ccccc4c3)c2)cc(-c2c3ccccc3cc3ccccc23)c1. The Balaban J connectivity index is 1.11. The first-order chi connectivity index (χ1) is 29.2. The van der Waals surface area contributed by atoms with Crippen LogP contribution < -0.4 is 0 Å². The molecule has 2 heterocycles. The van der Waals surface area contributed by atoms with E-state index in [1.165, 1.54) is 82.2 Å². The maximum atomic E-state index is 5.41. The summed E-state index contributed by atoms with van der Waals surface area (Å²) in [5.74, 6) is 0. The van der Waals surface area contributed by atoms with Crippen molar-refractivity contribution in [3.63, 3.8) is 0 Å². The summed E-state index contributed by atoms with van der Waals surface area (Å²) in [7, 11) is 0. The Bertz CT molecular complexity index is 3250. The molecule has 0 aliphatic carbocycles. The van der Waals surface area contributed by atoms with Crippen LogP contribution in [0, 0.1) is 0 Å². The van der Waals surface area contributed by atoms with Crippen molar-refractivity contribution in [2.24, 2.45) is 4.99 Å². The van der Waals surface area contributed by atoms with Crippen LogP contribution in [-0.2, 0) is 0 Å². The van der Waals surface area contributed by atoms with Gasteiger partial charge in [-0.3, -0.25) is 4.99 Å². The molecule has 0 saturated heterocycles. The zero-order valence-corrected chi connectivity index (χ0v) is 32.6. The van der Waals surface area contributed by atoms with Crippen LogP contribution in [0.1, 0.15) is 29.5 Å². The van der Waals surface area contributed by atoms with Gasteiger partial charge in [0.25, 0.3) is 0 Å². The van der Waals surface area contributed by atoms with Gasteiger partial charge in [0, 0.05) is 28.5 Å². The van der Waals surface area contributed by atoms with E-state index in [0.29, 0.717) is 0 Å². The number of aliphatic imine (C=N–C) groups is 1. The lowest BCUT2D eigenvalue weighted by Crippen LogP contribution is -2.03. The number of benzene rings is 9. The number of nitrogens with zero attached hydrogens (tertiary/aromatic N) is 2. The molecule has 0 N–H and O–H groups in total. The van der Waals surface area contributed by atoms with Crippen LogP contribution >= 0.6 is 0 Å². The fourth-order valence-corrected chi connectivity index (χ4v) is 8.91.